The van der Waals surface area contributed by atoms with Gasteiger partial charge in [0.1, 0.15) is 0 Å². The minimum atomic E-state index is -0.103. The molecule has 1 aromatic rings. The van der Waals surface area contributed by atoms with Crippen molar-refractivity contribution in [3.05, 3.63) is 35.4 Å². The van der Waals surface area contributed by atoms with Gasteiger partial charge in [-0.1, -0.05) is 36.8 Å². The molecule has 2 nitrogen and oxygen atoms in total. The van der Waals surface area contributed by atoms with Gasteiger partial charge >= 0.3 is 0 Å². The molecule has 2 rings (SSSR count). The first kappa shape index (κ1) is 11.6. The third-order valence-corrected chi connectivity index (χ3v) is 3.47. The molecular weight excluding hydrogens is 198 g/mol. The van der Waals surface area contributed by atoms with Gasteiger partial charge in [-0.25, -0.2) is 0 Å². The van der Waals surface area contributed by atoms with Gasteiger partial charge in [-0.3, -0.25) is 4.90 Å². The molecule has 0 bridgehead atoms. The molecule has 1 aliphatic heterocycles. The molecule has 0 spiro atoms. The molecule has 0 aromatic heterocycles. The maximum atomic E-state index is 9.67. The van der Waals surface area contributed by atoms with Crippen LogP contribution in [0.5, 0.6) is 0 Å². The normalized spacial score (nSPS) is 26.9. The Morgan fingerprint density at radius 1 is 1.31 bits per heavy atom. The first-order valence-corrected chi connectivity index (χ1v) is 6.11. The third-order valence-electron chi connectivity index (χ3n) is 3.47. The Morgan fingerprint density at radius 2 is 2.00 bits per heavy atom. The van der Waals surface area contributed by atoms with Crippen molar-refractivity contribution in [1.29, 1.82) is 0 Å². The lowest BCUT2D eigenvalue weighted by Gasteiger charge is -2.34. The number of benzene rings is 1. The lowest BCUT2D eigenvalue weighted by Crippen LogP contribution is -2.41. The van der Waals surface area contributed by atoms with Gasteiger partial charge in [-0.2, -0.15) is 0 Å². The van der Waals surface area contributed by atoms with Crippen LogP contribution in [0.25, 0.3) is 0 Å². The van der Waals surface area contributed by atoms with E-state index in [1.165, 1.54) is 11.1 Å². The number of likely N-dealkylation sites (tertiary alicyclic amines) is 1. The van der Waals surface area contributed by atoms with E-state index in [1.54, 1.807) is 0 Å². The van der Waals surface area contributed by atoms with E-state index in [0.717, 1.165) is 26.1 Å². The van der Waals surface area contributed by atoms with E-state index in [2.05, 4.69) is 43.0 Å². The third kappa shape index (κ3) is 2.83. The number of aryl methyl sites for hydroxylation is 1. The summed E-state index contributed by atoms with van der Waals surface area (Å²) in [6.45, 7) is 7.28. The maximum absolute atomic E-state index is 9.67. The molecule has 1 aromatic carbocycles. The summed E-state index contributed by atoms with van der Waals surface area (Å²) in [5.74, 6) is 0.402. The molecule has 2 atom stereocenters. The van der Waals surface area contributed by atoms with E-state index in [-0.39, 0.29) is 6.10 Å². The van der Waals surface area contributed by atoms with Crippen molar-refractivity contribution in [2.24, 2.45) is 5.92 Å². The summed E-state index contributed by atoms with van der Waals surface area (Å²) in [5, 5.41) is 9.67. The lowest BCUT2D eigenvalue weighted by atomic mass is 9.96. The van der Waals surface area contributed by atoms with E-state index in [4.69, 9.17) is 0 Å². The van der Waals surface area contributed by atoms with Crippen molar-refractivity contribution >= 4 is 0 Å². The topological polar surface area (TPSA) is 23.5 Å². The lowest BCUT2D eigenvalue weighted by molar-refractivity contribution is 0.0320. The van der Waals surface area contributed by atoms with Gasteiger partial charge in [-0.05, 0) is 24.8 Å². The highest BCUT2D eigenvalue weighted by molar-refractivity contribution is 5.21. The molecule has 0 radical (unpaired) electrons. The zero-order valence-electron chi connectivity index (χ0n) is 10.2. The van der Waals surface area contributed by atoms with Crippen molar-refractivity contribution in [3.63, 3.8) is 0 Å². The van der Waals surface area contributed by atoms with Crippen LogP contribution in [-0.2, 0) is 6.54 Å². The average molecular weight is 219 g/mol. The van der Waals surface area contributed by atoms with Crippen molar-refractivity contribution in [1.82, 2.24) is 4.90 Å². The molecule has 1 heterocycles. The van der Waals surface area contributed by atoms with Crippen LogP contribution in [0.4, 0.5) is 0 Å². The minimum absolute atomic E-state index is 0.103. The molecule has 0 aliphatic carbocycles. The molecule has 1 fully saturated rings. The van der Waals surface area contributed by atoms with Crippen LogP contribution >= 0.6 is 0 Å². The van der Waals surface area contributed by atoms with Crippen LogP contribution in [0.3, 0.4) is 0 Å². The number of hydrogen-bond donors (Lipinski definition) is 1. The molecule has 0 amide bonds. The Bertz CT molecular complexity index is 333. The zero-order valence-corrected chi connectivity index (χ0v) is 10.2. The largest absolute Gasteiger partial charge is 0.393 e. The van der Waals surface area contributed by atoms with Crippen molar-refractivity contribution in [2.75, 3.05) is 13.1 Å². The van der Waals surface area contributed by atoms with Gasteiger partial charge in [0.2, 0.25) is 0 Å². The number of nitrogens with zero attached hydrogens (tertiary/aromatic N) is 1. The molecule has 16 heavy (non-hydrogen) atoms. The second-order valence-electron chi connectivity index (χ2n) is 5.05. The molecule has 88 valence electrons. The first-order valence-electron chi connectivity index (χ1n) is 6.11. The quantitative estimate of drug-likeness (QED) is 0.824. The molecule has 0 saturated carbocycles. The van der Waals surface area contributed by atoms with Gasteiger partial charge in [0.05, 0.1) is 6.10 Å². The van der Waals surface area contributed by atoms with Crippen LogP contribution in [0, 0.1) is 12.8 Å². The van der Waals surface area contributed by atoms with Gasteiger partial charge in [0.25, 0.3) is 0 Å². The summed E-state index contributed by atoms with van der Waals surface area (Å²) in [6.07, 6.45) is 0.807. The maximum Gasteiger partial charge on any atom is 0.0590 e. The average Bonchev–Trinajstić information content (AvgIpc) is 2.27. The van der Waals surface area contributed by atoms with E-state index in [9.17, 15) is 5.11 Å². The molecule has 1 saturated heterocycles. The minimum Gasteiger partial charge on any atom is -0.393 e. The van der Waals surface area contributed by atoms with Crippen LogP contribution in [0.1, 0.15) is 24.5 Å². The Balaban J connectivity index is 1.93. The fourth-order valence-corrected chi connectivity index (χ4v) is 2.31. The predicted molar refractivity (Wildman–Crippen MR) is 66.2 cm³/mol. The number of aliphatic hydroxyl groups is 1. The van der Waals surface area contributed by atoms with Crippen LogP contribution in [0.15, 0.2) is 24.3 Å². The molecule has 2 unspecified atom stereocenters. The second kappa shape index (κ2) is 4.98. The van der Waals surface area contributed by atoms with E-state index < -0.39 is 0 Å². The van der Waals surface area contributed by atoms with Gasteiger partial charge in [0, 0.05) is 19.6 Å². The summed E-state index contributed by atoms with van der Waals surface area (Å²) < 4.78 is 0. The highest BCUT2D eigenvalue weighted by atomic mass is 16.3. The number of aliphatic hydroxyl groups excluding tert-OH is 1. The first-order chi connectivity index (χ1) is 7.65. The van der Waals surface area contributed by atoms with Crippen LogP contribution < -0.4 is 0 Å². The summed E-state index contributed by atoms with van der Waals surface area (Å²) in [7, 11) is 0. The van der Waals surface area contributed by atoms with E-state index in [0.29, 0.717) is 5.92 Å². The number of piperidine rings is 1. The molecule has 1 N–H and O–H groups in total. The Kier molecular flexibility index (Phi) is 3.62. The fraction of sp³-hybridized carbons (Fsp3) is 0.571. The fourth-order valence-electron chi connectivity index (χ4n) is 2.31. The number of hydrogen-bond acceptors (Lipinski definition) is 2. The highest BCUT2D eigenvalue weighted by Gasteiger charge is 2.23. The summed E-state index contributed by atoms with van der Waals surface area (Å²) in [5.41, 5.74) is 2.68. The van der Waals surface area contributed by atoms with E-state index >= 15 is 0 Å². The van der Waals surface area contributed by atoms with Crippen molar-refractivity contribution in [2.45, 2.75) is 32.9 Å². The summed E-state index contributed by atoms with van der Waals surface area (Å²) in [4.78, 5) is 2.43. The molecular formula is C14H21NO. The zero-order chi connectivity index (χ0) is 11.5. The van der Waals surface area contributed by atoms with Crippen molar-refractivity contribution < 1.29 is 5.11 Å². The van der Waals surface area contributed by atoms with Crippen LogP contribution in [-0.4, -0.2) is 29.2 Å². The second-order valence-corrected chi connectivity index (χ2v) is 5.05. The van der Waals surface area contributed by atoms with E-state index in [1.807, 2.05) is 0 Å². The van der Waals surface area contributed by atoms with Gasteiger partial charge in [0.15, 0.2) is 0 Å². The standard InChI is InChI=1S/C14H21NO/c1-11-3-5-13(6-4-11)10-15-8-7-14(16)12(2)9-15/h3-6,12,14,16H,7-10H2,1-2H3. The van der Waals surface area contributed by atoms with Crippen molar-refractivity contribution in [3.8, 4) is 0 Å². The predicted octanol–water partition coefficient (Wildman–Crippen LogP) is 2.20. The Labute approximate surface area is 97.9 Å². The molecule has 1 aliphatic rings. The van der Waals surface area contributed by atoms with Gasteiger partial charge < -0.3 is 5.11 Å². The number of rotatable bonds is 2. The highest BCUT2D eigenvalue weighted by Crippen LogP contribution is 2.18. The summed E-state index contributed by atoms with van der Waals surface area (Å²) in [6, 6.07) is 8.73. The van der Waals surface area contributed by atoms with Gasteiger partial charge in [-0.15, -0.1) is 0 Å². The Morgan fingerprint density at radius 3 is 2.62 bits per heavy atom. The Hall–Kier alpha value is -0.860. The molecule has 2 heteroatoms. The van der Waals surface area contributed by atoms with Crippen LogP contribution in [0.2, 0.25) is 0 Å². The smallest absolute Gasteiger partial charge is 0.0590 e. The summed E-state index contributed by atoms with van der Waals surface area (Å²) >= 11 is 0. The SMILES string of the molecule is Cc1ccc(CN2CCC(O)C(C)C2)cc1. The monoisotopic (exact) mass is 219 g/mol.